The minimum absolute atomic E-state index is 0.314. The van der Waals surface area contributed by atoms with Crippen LogP contribution in [-0.2, 0) is 0 Å². The Morgan fingerprint density at radius 2 is 1.53 bits per heavy atom. The van der Waals surface area contributed by atoms with Crippen LogP contribution in [0, 0.1) is 0 Å². The number of nitrogens with zero attached hydrogens (tertiary/aromatic N) is 1. The van der Waals surface area contributed by atoms with Gasteiger partial charge in [0, 0.05) is 6.04 Å². The van der Waals surface area contributed by atoms with E-state index in [4.69, 9.17) is 5.73 Å². The Morgan fingerprint density at radius 1 is 1.06 bits per heavy atom. The van der Waals surface area contributed by atoms with Crippen LogP contribution >= 0.6 is 0 Å². The average Bonchev–Trinajstić information content (AvgIpc) is 2.07. The summed E-state index contributed by atoms with van der Waals surface area (Å²) >= 11 is 0. The molecule has 1 unspecified atom stereocenters. The van der Waals surface area contributed by atoms with Crippen LogP contribution in [0.4, 0.5) is 26.3 Å². The van der Waals surface area contributed by atoms with E-state index in [9.17, 15) is 26.3 Å². The summed E-state index contributed by atoms with van der Waals surface area (Å²) in [7, 11) is 0. The topological polar surface area (TPSA) is 29.3 Å². The average molecular weight is 266 g/mol. The number of alkyl halides is 6. The molecular weight excluding hydrogens is 250 g/mol. The van der Waals surface area contributed by atoms with Gasteiger partial charge >= 0.3 is 12.4 Å². The van der Waals surface area contributed by atoms with Crippen LogP contribution < -0.4 is 5.73 Å². The molecule has 0 fully saturated rings. The molecule has 0 amide bonds. The maximum Gasteiger partial charge on any atom is 0.404 e. The van der Waals surface area contributed by atoms with Gasteiger partial charge in [-0.3, -0.25) is 4.90 Å². The molecule has 104 valence electrons. The number of rotatable bonds is 5. The summed E-state index contributed by atoms with van der Waals surface area (Å²) in [5, 5.41) is 0. The van der Waals surface area contributed by atoms with E-state index in [0.29, 0.717) is 4.90 Å². The van der Waals surface area contributed by atoms with Crippen molar-refractivity contribution in [1.29, 1.82) is 0 Å². The van der Waals surface area contributed by atoms with Crippen LogP contribution in [0.1, 0.15) is 20.3 Å². The third-order valence-corrected chi connectivity index (χ3v) is 2.24. The summed E-state index contributed by atoms with van der Waals surface area (Å²) in [5.74, 6) is 0. The van der Waals surface area contributed by atoms with E-state index in [0.717, 1.165) is 0 Å². The molecule has 0 spiro atoms. The summed E-state index contributed by atoms with van der Waals surface area (Å²) in [6.07, 6.45) is -9.92. The van der Waals surface area contributed by atoms with Gasteiger partial charge in [-0.05, 0) is 26.8 Å². The van der Waals surface area contributed by atoms with Gasteiger partial charge < -0.3 is 5.73 Å². The molecule has 0 saturated carbocycles. The van der Waals surface area contributed by atoms with Crippen LogP contribution in [-0.4, -0.2) is 42.4 Å². The predicted molar refractivity (Wildman–Crippen MR) is 51.4 cm³/mol. The number of nitrogens with two attached hydrogens (primary N) is 1. The van der Waals surface area contributed by atoms with Crippen molar-refractivity contribution in [3.63, 3.8) is 0 Å². The molecule has 0 aromatic heterocycles. The lowest BCUT2D eigenvalue weighted by atomic mass is 10.1. The second kappa shape index (κ2) is 5.90. The van der Waals surface area contributed by atoms with E-state index in [-0.39, 0.29) is 6.54 Å². The molecule has 0 aromatic carbocycles. The monoisotopic (exact) mass is 266 g/mol. The van der Waals surface area contributed by atoms with Crippen LogP contribution in [0.3, 0.4) is 0 Å². The minimum atomic E-state index is -4.71. The third kappa shape index (κ3) is 6.11. The SMILES string of the molecule is CC(C)N(CC(F)(F)F)C(CCN)C(F)(F)F. The second-order valence-electron chi connectivity index (χ2n) is 4.02. The highest BCUT2D eigenvalue weighted by molar-refractivity contribution is 4.83. The Bertz CT molecular complexity index is 223. The van der Waals surface area contributed by atoms with Crippen LogP contribution in [0.15, 0.2) is 0 Å². The van der Waals surface area contributed by atoms with Crippen molar-refractivity contribution in [2.45, 2.75) is 44.7 Å². The van der Waals surface area contributed by atoms with Crippen molar-refractivity contribution in [2.24, 2.45) is 5.73 Å². The lowest BCUT2D eigenvalue weighted by Crippen LogP contribution is -2.53. The summed E-state index contributed by atoms with van der Waals surface area (Å²) in [5.41, 5.74) is 5.02. The summed E-state index contributed by atoms with van der Waals surface area (Å²) in [6.45, 7) is 0.683. The summed E-state index contributed by atoms with van der Waals surface area (Å²) in [6, 6.07) is -3.02. The van der Waals surface area contributed by atoms with Gasteiger partial charge in [-0.1, -0.05) is 0 Å². The highest BCUT2D eigenvalue weighted by atomic mass is 19.4. The Hall–Kier alpha value is -0.500. The molecule has 8 heteroatoms. The van der Waals surface area contributed by atoms with E-state index in [2.05, 4.69) is 0 Å². The van der Waals surface area contributed by atoms with Gasteiger partial charge in [0.15, 0.2) is 0 Å². The standard InChI is InChI=1S/C9H16F6N2/c1-6(2)17(5-8(10,11)12)7(3-4-16)9(13,14)15/h6-7H,3-5,16H2,1-2H3. The van der Waals surface area contributed by atoms with Crippen molar-refractivity contribution >= 4 is 0 Å². The molecule has 0 aliphatic heterocycles. The first kappa shape index (κ1) is 16.5. The molecule has 0 heterocycles. The molecule has 0 aliphatic rings. The van der Waals surface area contributed by atoms with Crippen LogP contribution in [0.5, 0.6) is 0 Å². The number of hydrogen-bond acceptors (Lipinski definition) is 2. The van der Waals surface area contributed by atoms with E-state index in [1.165, 1.54) is 13.8 Å². The summed E-state index contributed by atoms with van der Waals surface area (Å²) in [4.78, 5) is 0.382. The Kier molecular flexibility index (Phi) is 5.73. The molecule has 0 radical (unpaired) electrons. The van der Waals surface area contributed by atoms with E-state index in [1.807, 2.05) is 0 Å². The first-order chi connectivity index (χ1) is 7.49. The van der Waals surface area contributed by atoms with Gasteiger partial charge in [0.1, 0.15) is 6.04 Å². The van der Waals surface area contributed by atoms with E-state index in [1.54, 1.807) is 0 Å². The maximum atomic E-state index is 12.6. The van der Waals surface area contributed by atoms with Gasteiger partial charge in [0.2, 0.25) is 0 Å². The quantitative estimate of drug-likeness (QED) is 0.775. The zero-order chi connectivity index (χ0) is 13.9. The van der Waals surface area contributed by atoms with Gasteiger partial charge in [-0.15, -0.1) is 0 Å². The third-order valence-electron chi connectivity index (χ3n) is 2.24. The molecule has 0 aliphatic carbocycles. The minimum Gasteiger partial charge on any atom is -0.330 e. The summed E-state index contributed by atoms with van der Waals surface area (Å²) < 4.78 is 74.5. The van der Waals surface area contributed by atoms with Crippen molar-refractivity contribution in [3.05, 3.63) is 0 Å². The maximum absolute atomic E-state index is 12.6. The molecule has 2 N–H and O–H groups in total. The number of halogens is 6. The zero-order valence-corrected chi connectivity index (χ0v) is 9.57. The smallest absolute Gasteiger partial charge is 0.330 e. The zero-order valence-electron chi connectivity index (χ0n) is 9.57. The number of hydrogen-bond donors (Lipinski definition) is 1. The molecular formula is C9H16F6N2. The largest absolute Gasteiger partial charge is 0.404 e. The first-order valence-electron chi connectivity index (χ1n) is 5.08. The second-order valence-corrected chi connectivity index (χ2v) is 4.02. The van der Waals surface area contributed by atoms with Crippen molar-refractivity contribution < 1.29 is 26.3 Å². The fourth-order valence-electron chi connectivity index (χ4n) is 1.54. The predicted octanol–water partition coefficient (Wildman–Crippen LogP) is 2.54. The fourth-order valence-corrected chi connectivity index (χ4v) is 1.54. The molecule has 1 atom stereocenters. The molecule has 0 bridgehead atoms. The Balaban J connectivity index is 4.97. The van der Waals surface area contributed by atoms with Crippen LogP contribution in [0.2, 0.25) is 0 Å². The van der Waals surface area contributed by atoms with Gasteiger partial charge in [0.05, 0.1) is 6.54 Å². The van der Waals surface area contributed by atoms with E-state index >= 15 is 0 Å². The molecule has 0 rings (SSSR count). The normalized spacial score (nSPS) is 15.7. The molecule has 0 aromatic rings. The fraction of sp³-hybridized carbons (Fsp3) is 1.00. The van der Waals surface area contributed by atoms with Gasteiger partial charge in [-0.2, -0.15) is 26.3 Å². The Labute approximate surface area is 95.8 Å². The van der Waals surface area contributed by atoms with Crippen molar-refractivity contribution in [2.75, 3.05) is 13.1 Å². The molecule has 2 nitrogen and oxygen atoms in total. The van der Waals surface area contributed by atoms with Gasteiger partial charge in [-0.25, -0.2) is 0 Å². The van der Waals surface area contributed by atoms with Crippen molar-refractivity contribution in [3.8, 4) is 0 Å². The van der Waals surface area contributed by atoms with E-state index < -0.39 is 37.4 Å². The highest BCUT2D eigenvalue weighted by Crippen LogP contribution is 2.30. The first-order valence-corrected chi connectivity index (χ1v) is 5.08. The van der Waals surface area contributed by atoms with Crippen molar-refractivity contribution in [1.82, 2.24) is 4.90 Å². The van der Waals surface area contributed by atoms with Crippen LogP contribution in [0.25, 0.3) is 0 Å². The van der Waals surface area contributed by atoms with Gasteiger partial charge in [0.25, 0.3) is 0 Å². The Morgan fingerprint density at radius 3 is 1.76 bits per heavy atom. The lowest BCUT2D eigenvalue weighted by molar-refractivity contribution is -0.215. The molecule has 17 heavy (non-hydrogen) atoms. The highest BCUT2D eigenvalue weighted by Gasteiger charge is 2.46. The molecule has 0 saturated heterocycles. The lowest BCUT2D eigenvalue weighted by Gasteiger charge is -2.36.